The smallest absolute Gasteiger partial charge is 0.309 e. The average Bonchev–Trinajstić information content (AvgIpc) is 3.02. The Morgan fingerprint density at radius 3 is 0.977 bits per heavy atom. The first-order chi connectivity index (χ1) is 21.2. The highest BCUT2D eigenvalue weighted by atomic mass is 16.5. The van der Waals surface area contributed by atoms with Crippen molar-refractivity contribution >= 4 is 5.97 Å². The van der Waals surface area contributed by atoms with Gasteiger partial charge in [0.15, 0.2) is 0 Å². The molecule has 0 aliphatic heterocycles. The van der Waals surface area contributed by atoms with E-state index in [1.165, 1.54) is 180 Å². The zero-order valence-electron chi connectivity index (χ0n) is 29.4. The summed E-state index contributed by atoms with van der Waals surface area (Å²) in [6, 6.07) is 0. The highest BCUT2D eigenvalue weighted by Gasteiger charge is 2.20. The van der Waals surface area contributed by atoms with Crippen LogP contribution in [0.3, 0.4) is 0 Å². The Labute approximate surface area is 269 Å². The Kier molecular flexibility index (Phi) is 35.4. The number of hydrogen-bond acceptors (Lipinski definition) is 4. The molecule has 0 spiro atoms. The third-order valence-corrected chi connectivity index (χ3v) is 9.27. The van der Waals surface area contributed by atoms with Crippen molar-refractivity contribution < 1.29 is 19.7 Å². The van der Waals surface area contributed by atoms with Crippen molar-refractivity contribution in [2.24, 2.45) is 5.92 Å². The van der Waals surface area contributed by atoms with Crippen LogP contribution in [0.4, 0.5) is 0 Å². The molecule has 0 bridgehead atoms. The molecule has 0 aromatic rings. The summed E-state index contributed by atoms with van der Waals surface area (Å²) in [5.74, 6) is -0.238. The van der Waals surface area contributed by atoms with Gasteiger partial charge in [-0.3, -0.25) is 4.79 Å². The standard InChI is InChI=1S/C39H78O4/c1-3-5-7-9-11-13-15-17-19-20-22-24-26-28-30-32-34-37(39(42)43-36-38(41)35-40)33-31-29-27-25-23-21-18-16-14-12-10-8-6-4-2/h37-38,40-41H,3-36H2,1-2H3. The highest BCUT2D eigenvalue weighted by molar-refractivity contribution is 5.72. The van der Waals surface area contributed by atoms with E-state index in [4.69, 9.17) is 9.84 Å². The fourth-order valence-electron chi connectivity index (χ4n) is 6.25. The Bertz CT molecular complexity index is 537. The van der Waals surface area contributed by atoms with E-state index >= 15 is 0 Å². The Morgan fingerprint density at radius 2 is 0.721 bits per heavy atom. The molecule has 0 aromatic heterocycles. The highest BCUT2D eigenvalue weighted by Crippen LogP contribution is 2.22. The average molecular weight is 611 g/mol. The van der Waals surface area contributed by atoms with Crippen LogP contribution in [-0.4, -0.2) is 35.5 Å². The summed E-state index contributed by atoms with van der Waals surface area (Å²) < 4.78 is 5.36. The minimum atomic E-state index is -0.971. The second-order valence-electron chi connectivity index (χ2n) is 13.6. The van der Waals surface area contributed by atoms with Gasteiger partial charge < -0.3 is 14.9 Å². The molecule has 4 nitrogen and oxygen atoms in total. The number of carbonyl (C=O) groups is 1. The summed E-state index contributed by atoms with van der Waals surface area (Å²) in [4.78, 5) is 12.7. The molecule has 258 valence electrons. The van der Waals surface area contributed by atoms with Crippen LogP contribution in [0, 0.1) is 5.92 Å². The van der Waals surface area contributed by atoms with E-state index in [0.29, 0.717) is 0 Å². The van der Waals surface area contributed by atoms with E-state index in [0.717, 1.165) is 25.7 Å². The fraction of sp³-hybridized carbons (Fsp3) is 0.974. The Hall–Kier alpha value is -0.610. The van der Waals surface area contributed by atoms with Gasteiger partial charge in [-0.05, 0) is 12.8 Å². The summed E-state index contributed by atoms with van der Waals surface area (Å²) in [6.45, 7) is 4.11. The Balaban J connectivity index is 3.84. The predicted octanol–water partition coefficient (Wildman–Crippen LogP) is 12.0. The lowest BCUT2D eigenvalue weighted by molar-refractivity contribution is -0.152. The van der Waals surface area contributed by atoms with Crippen LogP contribution in [0.2, 0.25) is 0 Å². The van der Waals surface area contributed by atoms with Gasteiger partial charge in [0.2, 0.25) is 0 Å². The van der Waals surface area contributed by atoms with Crippen LogP contribution in [0.1, 0.15) is 219 Å². The zero-order chi connectivity index (χ0) is 31.5. The maximum atomic E-state index is 12.7. The summed E-state index contributed by atoms with van der Waals surface area (Å²) in [5, 5.41) is 18.6. The van der Waals surface area contributed by atoms with Gasteiger partial charge in [0.1, 0.15) is 12.7 Å². The molecule has 0 amide bonds. The van der Waals surface area contributed by atoms with Gasteiger partial charge in [-0.2, -0.15) is 0 Å². The lowest BCUT2D eigenvalue weighted by Crippen LogP contribution is -2.25. The summed E-state index contributed by atoms with van der Waals surface area (Å²) in [5.41, 5.74) is 0. The Morgan fingerprint density at radius 1 is 0.465 bits per heavy atom. The number of esters is 1. The van der Waals surface area contributed by atoms with E-state index in [-0.39, 0.29) is 25.1 Å². The molecular weight excluding hydrogens is 532 g/mol. The molecule has 0 fully saturated rings. The topological polar surface area (TPSA) is 66.8 Å². The quantitative estimate of drug-likeness (QED) is 0.0547. The van der Waals surface area contributed by atoms with Crippen molar-refractivity contribution in [3.05, 3.63) is 0 Å². The second kappa shape index (κ2) is 35.9. The number of ether oxygens (including phenoxy) is 1. The van der Waals surface area contributed by atoms with Crippen molar-refractivity contribution in [1.82, 2.24) is 0 Å². The maximum absolute atomic E-state index is 12.7. The molecule has 0 saturated heterocycles. The molecule has 0 aromatic carbocycles. The van der Waals surface area contributed by atoms with Crippen molar-refractivity contribution in [2.75, 3.05) is 13.2 Å². The van der Waals surface area contributed by atoms with E-state index in [9.17, 15) is 9.90 Å². The normalized spacial score (nSPS) is 12.9. The lowest BCUT2D eigenvalue weighted by atomic mass is 9.94. The minimum absolute atomic E-state index is 0.0603. The van der Waals surface area contributed by atoms with Gasteiger partial charge >= 0.3 is 5.97 Å². The first kappa shape index (κ1) is 42.4. The number of rotatable bonds is 36. The lowest BCUT2D eigenvalue weighted by Gasteiger charge is -2.17. The third kappa shape index (κ3) is 32.6. The number of hydrogen-bond donors (Lipinski definition) is 2. The molecule has 4 heteroatoms. The molecule has 0 aliphatic rings. The van der Waals surface area contributed by atoms with Crippen molar-refractivity contribution in [2.45, 2.75) is 225 Å². The summed E-state index contributed by atoms with van der Waals surface area (Å²) in [7, 11) is 0. The van der Waals surface area contributed by atoms with E-state index in [1.807, 2.05) is 0 Å². The minimum Gasteiger partial charge on any atom is -0.463 e. The van der Waals surface area contributed by atoms with Crippen molar-refractivity contribution in [3.63, 3.8) is 0 Å². The summed E-state index contributed by atoms with van der Waals surface area (Å²) >= 11 is 0. The molecule has 2 atom stereocenters. The predicted molar refractivity (Wildman–Crippen MR) is 187 cm³/mol. The van der Waals surface area contributed by atoms with Gasteiger partial charge in [0.05, 0.1) is 12.5 Å². The molecule has 0 radical (unpaired) electrons. The largest absolute Gasteiger partial charge is 0.463 e. The molecule has 0 aliphatic carbocycles. The second-order valence-corrected chi connectivity index (χ2v) is 13.6. The first-order valence-electron chi connectivity index (χ1n) is 19.6. The van der Waals surface area contributed by atoms with Crippen LogP contribution in [-0.2, 0) is 9.53 Å². The molecule has 0 rings (SSSR count). The number of aliphatic hydroxyl groups excluding tert-OH is 2. The molecule has 0 heterocycles. The van der Waals surface area contributed by atoms with E-state index < -0.39 is 6.10 Å². The number of unbranched alkanes of at least 4 members (excludes halogenated alkanes) is 28. The van der Waals surface area contributed by atoms with E-state index in [2.05, 4.69) is 13.8 Å². The van der Waals surface area contributed by atoms with Crippen molar-refractivity contribution in [1.29, 1.82) is 0 Å². The molecule has 0 saturated carbocycles. The molecule has 2 N–H and O–H groups in total. The zero-order valence-corrected chi connectivity index (χ0v) is 29.4. The monoisotopic (exact) mass is 611 g/mol. The number of carbonyl (C=O) groups excluding carboxylic acids is 1. The van der Waals surface area contributed by atoms with Gasteiger partial charge in [-0.1, -0.05) is 206 Å². The SMILES string of the molecule is CCCCCCCCCCCCCCCCCCC(CCCCCCCCCCCCCCCC)C(=O)OCC(O)CO. The van der Waals surface area contributed by atoms with Gasteiger partial charge in [-0.25, -0.2) is 0 Å². The van der Waals surface area contributed by atoms with Crippen LogP contribution in [0.15, 0.2) is 0 Å². The fourth-order valence-corrected chi connectivity index (χ4v) is 6.25. The first-order valence-corrected chi connectivity index (χ1v) is 19.6. The summed E-state index contributed by atoms with van der Waals surface area (Å²) in [6.07, 6.45) is 41.3. The van der Waals surface area contributed by atoms with Crippen LogP contribution < -0.4 is 0 Å². The maximum Gasteiger partial charge on any atom is 0.309 e. The third-order valence-electron chi connectivity index (χ3n) is 9.27. The van der Waals surface area contributed by atoms with Crippen molar-refractivity contribution in [3.8, 4) is 0 Å². The van der Waals surface area contributed by atoms with Gasteiger partial charge in [0, 0.05) is 0 Å². The van der Waals surface area contributed by atoms with E-state index in [1.54, 1.807) is 0 Å². The number of aliphatic hydroxyl groups is 2. The molecule has 2 unspecified atom stereocenters. The van der Waals surface area contributed by atoms with Crippen LogP contribution in [0.5, 0.6) is 0 Å². The van der Waals surface area contributed by atoms with Gasteiger partial charge in [0.25, 0.3) is 0 Å². The van der Waals surface area contributed by atoms with Crippen LogP contribution in [0.25, 0.3) is 0 Å². The van der Waals surface area contributed by atoms with Crippen LogP contribution >= 0.6 is 0 Å². The van der Waals surface area contributed by atoms with Gasteiger partial charge in [-0.15, -0.1) is 0 Å². The molecule has 43 heavy (non-hydrogen) atoms. The molecular formula is C39H78O4.